The number of methoxy groups -OCH3 is 4. The van der Waals surface area contributed by atoms with E-state index in [4.69, 9.17) is 18.9 Å². The number of benzene rings is 2. The average molecular weight is 401 g/mol. The normalized spacial score (nSPS) is 11.0. The van der Waals surface area contributed by atoms with E-state index in [-0.39, 0.29) is 11.5 Å². The van der Waals surface area contributed by atoms with Crippen LogP contribution in [-0.4, -0.2) is 34.2 Å². The lowest BCUT2D eigenvalue weighted by atomic mass is 10.1. The van der Waals surface area contributed by atoms with Crippen molar-refractivity contribution in [2.75, 3.05) is 33.8 Å². The van der Waals surface area contributed by atoms with Gasteiger partial charge in [0.2, 0.25) is 5.75 Å². The second-order valence-corrected chi connectivity index (χ2v) is 5.95. The molecule has 2 aromatic rings. The minimum absolute atomic E-state index is 0.0914. The number of hydrogen-bond donors (Lipinski definition) is 1. The fourth-order valence-electron chi connectivity index (χ4n) is 2.62. The molecule has 0 aliphatic carbocycles. The Hall–Kier alpha value is -3.48. The minimum atomic E-state index is -0.502. The van der Waals surface area contributed by atoms with Crippen LogP contribution in [0.5, 0.6) is 23.0 Å². The Balaban J connectivity index is 2.45. The number of ketones is 1. The SMILES string of the molecule is COc1cc(N/C=C\C(C)=O)c(/C=C\c2cc(OC)c(OC)c(OC)c2)cc1F. The van der Waals surface area contributed by atoms with Gasteiger partial charge in [-0.3, -0.25) is 4.79 Å². The number of ether oxygens (including phenoxy) is 4. The van der Waals surface area contributed by atoms with E-state index in [2.05, 4.69) is 5.32 Å². The zero-order chi connectivity index (χ0) is 21.4. The molecule has 6 nitrogen and oxygen atoms in total. The Kier molecular flexibility index (Phi) is 7.65. The predicted molar refractivity (Wildman–Crippen MR) is 111 cm³/mol. The first-order valence-corrected chi connectivity index (χ1v) is 8.72. The summed E-state index contributed by atoms with van der Waals surface area (Å²) in [5, 5.41) is 2.98. The maximum Gasteiger partial charge on any atom is 0.203 e. The standard InChI is InChI=1S/C22H24FNO5/c1-14(25)8-9-24-18-13-19(26-2)17(23)12-16(18)7-6-15-10-20(27-3)22(29-5)21(11-15)28-4/h6-13,24H,1-5H3/b7-6-,9-8-. The second kappa shape index (κ2) is 10.2. The molecule has 2 rings (SSSR count). The number of rotatable bonds is 9. The van der Waals surface area contributed by atoms with Crippen LogP contribution in [0.25, 0.3) is 12.2 Å². The van der Waals surface area contributed by atoms with Gasteiger partial charge in [0.05, 0.1) is 28.4 Å². The highest BCUT2D eigenvalue weighted by Gasteiger charge is 2.13. The van der Waals surface area contributed by atoms with Crippen molar-refractivity contribution in [2.24, 2.45) is 0 Å². The van der Waals surface area contributed by atoms with E-state index in [1.54, 1.807) is 24.3 Å². The summed E-state index contributed by atoms with van der Waals surface area (Å²) in [6.45, 7) is 1.44. The van der Waals surface area contributed by atoms with E-state index >= 15 is 0 Å². The molecule has 0 spiro atoms. The van der Waals surface area contributed by atoms with Crippen LogP contribution in [0.15, 0.2) is 36.5 Å². The molecule has 0 saturated heterocycles. The number of nitrogens with one attached hydrogen (secondary N) is 1. The van der Waals surface area contributed by atoms with Crippen molar-refractivity contribution in [1.82, 2.24) is 0 Å². The van der Waals surface area contributed by atoms with Gasteiger partial charge in [-0.15, -0.1) is 0 Å². The summed E-state index contributed by atoms with van der Waals surface area (Å²) in [6, 6.07) is 6.42. The maximum atomic E-state index is 14.2. The average Bonchev–Trinajstić information content (AvgIpc) is 2.72. The maximum absolute atomic E-state index is 14.2. The van der Waals surface area contributed by atoms with Gasteiger partial charge >= 0.3 is 0 Å². The van der Waals surface area contributed by atoms with Crippen LogP contribution in [0, 0.1) is 5.82 Å². The summed E-state index contributed by atoms with van der Waals surface area (Å²) in [5.41, 5.74) is 1.90. The third-order valence-corrected chi connectivity index (χ3v) is 4.02. The smallest absolute Gasteiger partial charge is 0.203 e. The highest BCUT2D eigenvalue weighted by Crippen LogP contribution is 2.39. The molecule has 0 heterocycles. The number of carbonyl (C=O) groups excluding carboxylic acids is 1. The van der Waals surface area contributed by atoms with Gasteiger partial charge < -0.3 is 24.3 Å². The molecule has 0 aliphatic rings. The highest BCUT2D eigenvalue weighted by atomic mass is 19.1. The number of carbonyl (C=O) groups is 1. The quantitative estimate of drug-likeness (QED) is 0.491. The molecule has 7 heteroatoms. The van der Waals surface area contributed by atoms with Crippen LogP contribution in [0.3, 0.4) is 0 Å². The van der Waals surface area contributed by atoms with Gasteiger partial charge in [0, 0.05) is 23.5 Å². The Bertz CT molecular complexity index is 912. The monoisotopic (exact) mass is 401 g/mol. The van der Waals surface area contributed by atoms with E-state index in [1.165, 1.54) is 59.8 Å². The van der Waals surface area contributed by atoms with Crippen LogP contribution in [0.2, 0.25) is 0 Å². The largest absolute Gasteiger partial charge is 0.494 e. The molecule has 0 saturated carbocycles. The number of hydrogen-bond acceptors (Lipinski definition) is 6. The molecule has 29 heavy (non-hydrogen) atoms. The number of allylic oxidation sites excluding steroid dienone is 1. The number of anilines is 1. The molecule has 0 atom stereocenters. The zero-order valence-electron chi connectivity index (χ0n) is 17.0. The molecule has 1 N–H and O–H groups in total. The first kappa shape index (κ1) is 21.8. The van der Waals surface area contributed by atoms with Gasteiger partial charge in [0.15, 0.2) is 28.8 Å². The van der Waals surface area contributed by atoms with E-state index in [0.29, 0.717) is 28.5 Å². The van der Waals surface area contributed by atoms with E-state index in [9.17, 15) is 9.18 Å². The number of halogens is 1. The lowest BCUT2D eigenvalue weighted by Crippen LogP contribution is -1.97. The third kappa shape index (κ3) is 5.51. The zero-order valence-corrected chi connectivity index (χ0v) is 17.0. The van der Waals surface area contributed by atoms with Crippen LogP contribution in [0.1, 0.15) is 18.1 Å². The van der Waals surface area contributed by atoms with E-state index in [1.807, 2.05) is 0 Å². The fourth-order valence-corrected chi connectivity index (χ4v) is 2.62. The van der Waals surface area contributed by atoms with Gasteiger partial charge in [-0.25, -0.2) is 4.39 Å². The van der Waals surface area contributed by atoms with Crippen molar-refractivity contribution < 1.29 is 28.1 Å². The van der Waals surface area contributed by atoms with Crippen molar-refractivity contribution in [3.05, 3.63) is 53.5 Å². The summed E-state index contributed by atoms with van der Waals surface area (Å²) < 4.78 is 35.3. The summed E-state index contributed by atoms with van der Waals surface area (Å²) in [7, 11) is 5.99. The lowest BCUT2D eigenvalue weighted by Gasteiger charge is -2.13. The van der Waals surface area contributed by atoms with Crippen molar-refractivity contribution in [1.29, 1.82) is 0 Å². The van der Waals surface area contributed by atoms with Crippen LogP contribution in [0.4, 0.5) is 10.1 Å². The Morgan fingerprint density at radius 1 is 0.897 bits per heavy atom. The van der Waals surface area contributed by atoms with Gasteiger partial charge in [-0.05, 0) is 36.8 Å². The summed E-state index contributed by atoms with van der Waals surface area (Å²) >= 11 is 0. The van der Waals surface area contributed by atoms with Crippen molar-refractivity contribution in [3.8, 4) is 23.0 Å². The van der Waals surface area contributed by atoms with Crippen LogP contribution >= 0.6 is 0 Å². The lowest BCUT2D eigenvalue weighted by molar-refractivity contribution is -0.112. The summed E-state index contributed by atoms with van der Waals surface area (Å²) in [6.07, 6.45) is 6.38. The van der Waals surface area contributed by atoms with Gasteiger partial charge in [-0.2, -0.15) is 0 Å². The van der Waals surface area contributed by atoms with Crippen molar-refractivity contribution >= 4 is 23.6 Å². The van der Waals surface area contributed by atoms with E-state index < -0.39 is 5.82 Å². The van der Waals surface area contributed by atoms with Crippen molar-refractivity contribution in [2.45, 2.75) is 6.92 Å². The Morgan fingerprint density at radius 3 is 2.03 bits per heavy atom. The summed E-state index contributed by atoms with van der Waals surface area (Å²) in [5.74, 6) is 0.984. The van der Waals surface area contributed by atoms with Crippen LogP contribution in [-0.2, 0) is 4.79 Å². The molecule has 0 aliphatic heterocycles. The van der Waals surface area contributed by atoms with E-state index in [0.717, 1.165) is 5.56 Å². The second-order valence-electron chi connectivity index (χ2n) is 5.95. The molecular formula is C22H24FNO5. The molecule has 0 bridgehead atoms. The molecule has 0 fully saturated rings. The third-order valence-electron chi connectivity index (χ3n) is 4.02. The highest BCUT2D eigenvalue weighted by molar-refractivity contribution is 5.88. The first-order valence-electron chi connectivity index (χ1n) is 8.72. The fraction of sp³-hybridized carbons (Fsp3) is 0.227. The molecule has 154 valence electrons. The molecule has 0 unspecified atom stereocenters. The van der Waals surface area contributed by atoms with Gasteiger partial charge in [0.1, 0.15) is 0 Å². The predicted octanol–water partition coefficient (Wildman–Crippen LogP) is 4.55. The molecule has 2 aromatic carbocycles. The molecule has 0 aromatic heterocycles. The van der Waals surface area contributed by atoms with Gasteiger partial charge in [-0.1, -0.05) is 12.2 Å². The summed E-state index contributed by atoms with van der Waals surface area (Å²) in [4.78, 5) is 11.1. The Morgan fingerprint density at radius 2 is 1.52 bits per heavy atom. The molecular weight excluding hydrogens is 377 g/mol. The van der Waals surface area contributed by atoms with Crippen LogP contribution < -0.4 is 24.3 Å². The first-order chi connectivity index (χ1) is 13.9. The van der Waals surface area contributed by atoms with Crippen molar-refractivity contribution in [3.63, 3.8) is 0 Å². The topological polar surface area (TPSA) is 66.0 Å². The minimum Gasteiger partial charge on any atom is -0.494 e. The Labute approximate surface area is 169 Å². The van der Waals surface area contributed by atoms with Gasteiger partial charge in [0.25, 0.3) is 0 Å². The molecule has 0 amide bonds. The molecule has 0 radical (unpaired) electrons.